The Bertz CT molecular complexity index is 427. The van der Waals surface area contributed by atoms with Gasteiger partial charge in [-0.25, -0.2) is 0 Å². The molecule has 18 heavy (non-hydrogen) atoms. The largest absolute Gasteiger partial charge is 0.372 e. The zero-order valence-corrected chi connectivity index (χ0v) is 11.5. The summed E-state index contributed by atoms with van der Waals surface area (Å²) in [5.74, 6) is 0.278. The molecule has 1 amide bonds. The van der Waals surface area contributed by atoms with Crippen molar-refractivity contribution < 1.29 is 9.59 Å². The van der Waals surface area contributed by atoms with Crippen molar-refractivity contribution in [2.75, 3.05) is 6.54 Å². The molecular formula is C13H18N2O2S. The van der Waals surface area contributed by atoms with Gasteiger partial charge in [-0.2, -0.15) is 0 Å². The summed E-state index contributed by atoms with van der Waals surface area (Å²) in [6, 6.07) is 0. The number of hydrogen-bond donors (Lipinski definition) is 2. The lowest BCUT2D eigenvalue weighted by atomic mass is 10.1. The van der Waals surface area contributed by atoms with Crippen molar-refractivity contribution in [1.29, 1.82) is 0 Å². The first-order valence-corrected chi connectivity index (χ1v) is 7.10. The van der Waals surface area contributed by atoms with E-state index in [9.17, 15) is 9.59 Å². The Hall–Kier alpha value is -1.23. The molecule has 2 aliphatic rings. The maximum absolute atomic E-state index is 11.4. The average molecular weight is 266 g/mol. The van der Waals surface area contributed by atoms with Crippen molar-refractivity contribution in [3.8, 4) is 0 Å². The Kier molecular flexibility index (Phi) is 4.11. The van der Waals surface area contributed by atoms with Crippen LogP contribution in [0.4, 0.5) is 0 Å². The van der Waals surface area contributed by atoms with Gasteiger partial charge < -0.3 is 10.6 Å². The molecule has 1 aliphatic carbocycles. The zero-order valence-electron chi connectivity index (χ0n) is 10.7. The van der Waals surface area contributed by atoms with Crippen molar-refractivity contribution >= 4 is 23.5 Å². The highest BCUT2D eigenvalue weighted by Crippen LogP contribution is 2.37. The van der Waals surface area contributed by atoms with Gasteiger partial charge in [0.1, 0.15) is 0 Å². The van der Waals surface area contributed by atoms with Gasteiger partial charge in [0.05, 0.1) is 5.37 Å². The molecule has 1 heterocycles. The third-order valence-corrected chi connectivity index (χ3v) is 4.11. The molecule has 1 unspecified atom stereocenters. The lowest BCUT2D eigenvalue weighted by Gasteiger charge is -2.11. The molecule has 5 heteroatoms. The van der Waals surface area contributed by atoms with Crippen LogP contribution in [0.2, 0.25) is 0 Å². The quantitative estimate of drug-likeness (QED) is 0.810. The number of carbonyl (C=O) groups is 2. The number of rotatable bonds is 4. The molecule has 1 atom stereocenters. The summed E-state index contributed by atoms with van der Waals surface area (Å²) < 4.78 is 0. The third kappa shape index (κ3) is 3.16. The molecule has 4 nitrogen and oxygen atoms in total. The van der Waals surface area contributed by atoms with Gasteiger partial charge in [0.15, 0.2) is 5.78 Å². The van der Waals surface area contributed by atoms with Crippen LogP contribution >= 0.6 is 11.8 Å². The maximum Gasteiger partial charge on any atom is 0.222 e. The minimum Gasteiger partial charge on any atom is -0.372 e. The molecule has 98 valence electrons. The molecule has 0 aromatic carbocycles. The normalized spacial score (nSPS) is 22.2. The Balaban J connectivity index is 1.78. The number of carbonyl (C=O) groups excluding carboxylic acids is 2. The number of hydrogen-bond acceptors (Lipinski definition) is 4. The first-order valence-electron chi connectivity index (χ1n) is 6.22. The van der Waals surface area contributed by atoms with Crippen LogP contribution in [0.5, 0.6) is 0 Å². The second kappa shape index (κ2) is 5.61. The zero-order chi connectivity index (χ0) is 13.1. The second-order valence-corrected chi connectivity index (χ2v) is 6.03. The highest BCUT2D eigenvalue weighted by atomic mass is 32.2. The molecule has 1 aliphatic heterocycles. The van der Waals surface area contributed by atoms with Crippen molar-refractivity contribution in [3.63, 3.8) is 0 Å². The summed E-state index contributed by atoms with van der Waals surface area (Å²) in [7, 11) is 0. The fourth-order valence-electron chi connectivity index (χ4n) is 1.83. The number of thioether (sulfide) groups is 1. The lowest BCUT2D eigenvalue weighted by molar-refractivity contribution is -0.124. The van der Waals surface area contributed by atoms with Gasteiger partial charge in [0.25, 0.3) is 0 Å². The first kappa shape index (κ1) is 13.2. The van der Waals surface area contributed by atoms with Crippen molar-refractivity contribution in [2.45, 2.75) is 32.1 Å². The molecule has 0 bridgehead atoms. The lowest BCUT2D eigenvalue weighted by Crippen LogP contribution is -2.31. The van der Waals surface area contributed by atoms with E-state index in [0.717, 1.165) is 17.0 Å². The summed E-state index contributed by atoms with van der Waals surface area (Å²) in [5.41, 5.74) is 1.07. The van der Waals surface area contributed by atoms with E-state index in [4.69, 9.17) is 0 Å². The maximum atomic E-state index is 11.4. The van der Waals surface area contributed by atoms with Crippen molar-refractivity contribution in [2.24, 2.45) is 5.92 Å². The molecule has 0 radical (unpaired) electrons. The number of ketones is 1. The minimum atomic E-state index is 0.0276. The third-order valence-electron chi connectivity index (χ3n) is 2.88. The number of nitrogens with one attached hydrogen (secondary N) is 2. The van der Waals surface area contributed by atoms with E-state index in [-0.39, 0.29) is 23.0 Å². The standard InChI is InChI=1S/C13H18N2O2S/c1-8(2)13(17)14-6-5-12-15-10-4-3-9(16)7-11(10)18-12/h4,7-8,12,15H,3,5-6H2,1-2H3,(H,14,17). The first-order chi connectivity index (χ1) is 8.56. The Morgan fingerprint density at radius 2 is 2.39 bits per heavy atom. The molecular weight excluding hydrogens is 248 g/mol. The van der Waals surface area contributed by atoms with Gasteiger partial charge in [0, 0.05) is 29.5 Å². The van der Waals surface area contributed by atoms with E-state index in [2.05, 4.69) is 10.6 Å². The topological polar surface area (TPSA) is 58.2 Å². The van der Waals surface area contributed by atoms with E-state index < -0.39 is 0 Å². The van der Waals surface area contributed by atoms with E-state index in [1.54, 1.807) is 17.8 Å². The molecule has 2 N–H and O–H groups in total. The highest BCUT2D eigenvalue weighted by molar-refractivity contribution is 8.04. The van der Waals surface area contributed by atoms with Crippen LogP contribution in [-0.4, -0.2) is 23.6 Å². The van der Waals surface area contributed by atoms with Gasteiger partial charge in [-0.3, -0.25) is 9.59 Å². The van der Waals surface area contributed by atoms with E-state index in [1.165, 1.54) is 0 Å². The molecule has 0 aromatic rings. The molecule has 0 saturated carbocycles. The van der Waals surface area contributed by atoms with E-state index in [0.29, 0.717) is 13.0 Å². The summed E-state index contributed by atoms with van der Waals surface area (Å²) >= 11 is 1.67. The SMILES string of the molecule is CC(C)C(=O)NCCC1NC2=CCC(=O)C=C2S1. The molecule has 1 fully saturated rings. The highest BCUT2D eigenvalue weighted by Gasteiger charge is 2.26. The Labute approximate surface area is 111 Å². The summed E-state index contributed by atoms with van der Waals surface area (Å²) in [5, 5.41) is 6.52. The summed E-state index contributed by atoms with van der Waals surface area (Å²) in [4.78, 5) is 23.7. The molecule has 1 saturated heterocycles. The summed E-state index contributed by atoms with van der Waals surface area (Å²) in [6.45, 7) is 4.43. The van der Waals surface area contributed by atoms with E-state index in [1.807, 2.05) is 19.9 Å². The predicted molar refractivity (Wildman–Crippen MR) is 72.8 cm³/mol. The predicted octanol–water partition coefficient (Wildman–Crippen LogP) is 1.55. The Morgan fingerprint density at radius 3 is 3.11 bits per heavy atom. The van der Waals surface area contributed by atoms with Crippen LogP contribution < -0.4 is 10.6 Å². The van der Waals surface area contributed by atoms with Gasteiger partial charge in [-0.05, 0) is 12.5 Å². The van der Waals surface area contributed by atoms with Crippen LogP contribution in [0.15, 0.2) is 22.8 Å². The fourth-order valence-corrected chi connectivity index (χ4v) is 3.03. The van der Waals surface area contributed by atoms with Crippen molar-refractivity contribution in [3.05, 3.63) is 22.8 Å². The molecule has 2 rings (SSSR count). The van der Waals surface area contributed by atoms with Crippen LogP contribution in [0.25, 0.3) is 0 Å². The average Bonchev–Trinajstić information content (AvgIpc) is 2.70. The monoisotopic (exact) mass is 266 g/mol. The number of amides is 1. The smallest absolute Gasteiger partial charge is 0.222 e. The minimum absolute atomic E-state index is 0.0276. The fraction of sp³-hybridized carbons (Fsp3) is 0.538. The van der Waals surface area contributed by atoms with E-state index >= 15 is 0 Å². The Morgan fingerprint density at radius 1 is 1.61 bits per heavy atom. The van der Waals surface area contributed by atoms with Crippen LogP contribution in [0.1, 0.15) is 26.7 Å². The van der Waals surface area contributed by atoms with Gasteiger partial charge in [0.2, 0.25) is 5.91 Å². The van der Waals surface area contributed by atoms with Gasteiger partial charge in [-0.1, -0.05) is 31.7 Å². The summed E-state index contributed by atoms with van der Waals surface area (Å²) in [6.07, 6.45) is 4.99. The van der Waals surface area contributed by atoms with Crippen LogP contribution in [-0.2, 0) is 9.59 Å². The number of fused-ring (bicyclic) bond motifs is 1. The second-order valence-electron chi connectivity index (χ2n) is 4.78. The van der Waals surface area contributed by atoms with Crippen LogP contribution in [0, 0.1) is 5.92 Å². The van der Waals surface area contributed by atoms with Gasteiger partial charge >= 0.3 is 0 Å². The van der Waals surface area contributed by atoms with Crippen LogP contribution in [0.3, 0.4) is 0 Å². The van der Waals surface area contributed by atoms with Crippen molar-refractivity contribution in [1.82, 2.24) is 10.6 Å². The molecule has 0 spiro atoms. The number of allylic oxidation sites excluding steroid dienone is 2. The van der Waals surface area contributed by atoms with Gasteiger partial charge in [-0.15, -0.1) is 0 Å². The molecule has 0 aromatic heterocycles.